The molecule has 2 heterocycles. The van der Waals surface area contributed by atoms with Crippen LogP contribution in [0.1, 0.15) is 44.4 Å². The zero-order valence-electron chi connectivity index (χ0n) is 12.2. The van der Waals surface area contributed by atoms with E-state index >= 15 is 0 Å². The van der Waals surface area contributed by atoms with E-state index in [0.717, 1.165) is 19.6 Å². The molecule has 2 rings (SSSR count). The van der Waals surface area contributed by atoms with Gasteiger partial charge in [-0.25, -0.2) is 0 Å². The largest absolute Gasteiger partial charge is 0.378 e. The van der Waals surface area contributed by atoms with Gasteiger partial charge in [0, 0.05) is 23.4 Å². The third-order valence-corrected chi connectivity index (χ3v) is 5.05. The van der Waals surface area contributed by atoms with Crippen molar-refractivity contribution in [2.75, 3.05) is 13.2 Å². The van der Waals surface area contributed by atoms with Gasteiger partial charge in [-0.3, -0.25) is 0 Å². The average molecular weight is 281 g/mol. The van der Waals surface area contributed by atoms with E-state index in [0.29, 0.717) is 18.1 Å². The lowest BCUT2D eigenvalue weighted by atomic mass is 9.88. The van der Waals surface area contributed by atoms with Gasteiger partial charge in [0.2, 0.25) is 0 Å². The molecule has 1 fully saturated rings. The molecule has 1 aliphatic heterocycles. The van der Waals surface area contributed by atoms with Gasteiger partial charge in [-0.1, -0.05) is 19.9 Å². The monoisotopic (exact) mass is 281 g/mol. The summed E-state index contributed by atoms with van der Waals surface area (Å²) in [6.07, 6.45) is 6.49. The fourth-order valence-electron chi connectivity index (χ4n) is 3.10. The van der Waals surface area contributed by atoms with Crippen molar-refractivity contribution in [3.8, 4) is 0 Å². The van der Waals surface area contributed by atoms with Crippen molar-refractivity contribution < 1.29 is 4.74 Å². The molecule has 3 unspecified atom stereocenters. The molecule has 1 saturated heterocycles. The lowest BCUT2D eigenvalue weighted by Crippen LogP contribution is -2.40. The SMILES string of the molecule is CCCNC(CCc1cccs1)C1CCOC1CC. The molecule has 1 N–H and O–H groups in total. The van der Waals surface area contributed by atoms with Crippen LogP contribution in [0.15, 0.2) is 17.5 Å². The van der Waals surface area contributed by atoms with E-state index < -0.39 is 0 Å². The van der Waals surface area contributed by atoms with Crippen LogP contribution in [-0.2, 0) is 11.2 Å². The van der Waals surface area contributed by atoms with Crippen molar-refractivity contribution in [2.24, 2.45) is 5.92 Å². The standard InChI is InChI=1S/C16H27NOS/c1-3-10-17-15(8-7-13-6-5-12-19-13)14-9-11-18-16(14)4-2/h5-6,12,14-17H,3-4,7-11H2,1-2H3. The second-order valence-electron chi connectivity index (χ2n) is 5.45. The topological polar surface area (TPSA) is 21.3 Å². The van der Waals surface area contributed by atoms with Crippen LogP contribution >= 0.6 is 11.3 Å². The Morgan fingerprint density at radius 1 is 1.47 bits per heavy atom. The molecule has 1 aromatic heterocycles. The van der Waals surface area contributed by atoms with Gasteiger partial charge in [0.05, 0.1) is 6.10 Å². The maximum Gasteiger partial charge on any atom is 0.0616 e. The summed E-state index contributed by atoms with van der Waals surface area (Å²) in [4.78, 5) is 1.51. The fourth-order valence-corrected chi connectivity index (χ4v) is 3.82. The van der Waals surface area contributed by atoms with E-state index in [-0.39, 0.29) is 0 Å². The second-order valence-corrected chi connectivity index (χ2v) is 6.48. The van der Waals surface area contributed by atoms with Crippen molar-refractivity contribution in [1.82, 2.24) is 5.32 Å². The minimum absolute atomic E-state index is 0.470. The molecule has 1 aliphatic rings. The van der Waals surface area contributed by atoms with Crippen LogP contribution in [0.5, 0.6) is 0 Å². The number of thiophene rings is 1. The normalized spacial score (nSPS) is 24.7. The molecule has 1 aromatic rings. The highest BCUT2D eigenvalue weighted by Crippen LogP contribution is 2.29. The Labute approximate surface area is 121 Å². The quantitative estimate of drug-likeness (QED) is 0.781. The number of hydrogen-bond donors (Lipinski definition) is 1. The maximum atomic E-state index is 5.88. The molecule has 3 heteroatoms. The number of rotatable bonds is 8. The summed E-state index contributed by atoms with van der Waals surface area (Å²) in [5.74, 6) is 0.705. The minimum atomic E-state index is 0.470. The van der Waals surface area contributed by atoms with Gasteiger partial charge >= 0.3 is 0 Å². The summed E-state index contributed by atoms with van der Waals surface area (Å²) in [6, 6.07) is 5.03. The van der Waals surface area contributed by atoms with Gasteiger partial charge < -0.3 is 10.1 Å². The molecule has 0 aromatic carbocycles. The third kappa shape index (κ3) is 4.30. The lowest BCUT2D eigenvalue weighted by molar-refractivity contribution is 0.0765. The van der Waals surface area contributed by atoms with Crippen LogP contribution < -0.4 is 5.32 Å². The van der Waals surface area contributed by atoms with Gasteiger partial charge in [0.1, 0.15) is 0 Å². The number of nitrogens with one attached hydrogen (secondary N) is 1. The van der Waals surface area contributed by atoms with Crippen molar-refractivity contribution in [1.29, 1.82) is 0 Å². The van der Waals surface area contributed by atoms with Crippen LogP contribution in [0.25, 0.3) is 0 Å². The maximum absolute atomic E-state index is 5.88. The summed E-state index contributed by atoms with van der Waals surface area (Å²) in [6.45, 7) is 6.57. The highest BCUT2D eigenvalue weighted by atomic mass is 32.1. The smallest absolute Gasteiger partial charge is 0.0616 e. The predicted molar refractivity (Wildman–Crippen MR) is 82.9 cm³/mol. The van der Waals surface area contributed by atoms with Gasteiger partial charge in [-0.15, -0.1) is 11.3 Å². The van der Waals surface area contributed by atoms with Crippen LogP contribution in [0.2, 0.25) is 0 Å². The number of ether oxygens (including phenoxy) is 1. The molecule has 3 atom stereocenters. The Balaban J connectivity index is 1.90. The predicted octanol–water partition coefficient (Wildman–Crippen LogP) is 3.86. The fraction of sp³-hybridized carbons (Fsp3) is 0.750. The third-order valence-electron chi connectivity index (χ3n) is 4.12. The van der Waals surface area contributed by atoms with Gasteiger partial charge in [0.25, 0.3) is 0 Å². The summed E-state index contributed by atoms with van der Waals surface area (Å²) < 4.78 is 5.88. The number of hydrogen-bond acceptors (Lipinski definition) is 3. The average Bonchev–Trinajstić information content (AvgIpc) is 3.09. The summed E-state index contributed by atoms with van der Waals surface area (Å²) in [5.41, 5.74) is 0. The molecule has 0 spiro atoms. The van der Waals surface area contributed by atoms with E-state index in [9.17, 15) is 0 Å². The number of aryl methyl sites for hydroxylation is 1. The van der Waals surface area contributed by atoms with Crippen LogP contribution in [0.4, 0.5) is 0 Å². The highest BCUT2D eigenvalue weighted by molar-refractivity contribution is 7.09. The zero-order valence-corrected chi connectivity index (χ0v) is 13.0. The van der Waals surface area contributed by atoms with E-state index in [4.69, 9.17) is 4.74 Å². The van der Waals surface area contributed by atoms with Gasteiger partial charge in [0.15, 0.2) is 0 Å². The first-order chi connectivity index (χ1) is 9.35. The highest BCUT2D eigenvalue weighted by Gasteiger charge is 2.32. The first-order valence-electron chi connectivity index (χ1n) is 7.72. The Morgan fingerprint density at radius 3 is 3.05 bits per heavy atom. The van der Waals surface area contributed by atoms with E-state index in [1.54, 1.807) is 0 Å². The molecule has 0 aliphatic carbocycles. The molecule has 0 radical (unpaired) electrons. The summed E-state index contributed by atoms with van der Waals surface area (Å²) in [7, 11) is 0. The van der Waals surface area contributed by atoms with Crippen molar-refractivity contribution in [2.45, 2.75) is 58.1 Å². The Kier molecular flexibility index (Phi) is 6.35. The Bertz CT molecular complexity index is 339. The molecule has 19 heavy (non-hydrogen) atoms. The molecule has 108 valence electrons. The molecule has 0 bridgehead atoms. The van der Waals surface area contributed by atoms with Crippen LogP contribution in [0.3, 0.4) is 0 Å². The molecule has 0 saturated carbocycles. The minimum Gasteiger partial charge on any atom is -0.378 e. The molecular weight excluding hydrogens is 254 g/mol. The van der Waals surface area contributed by atoms with E-state index in [1.807, 2.05) is 11.3 Å². The second kappa shape index (κ2) is 8.03. The molecular formula is C16H27NOS. The molecule has 0 amide bonds. The van der Waals surface area contributed by atoms with Crippen LogP contribution in [0, 0.1) is 5.92 Å². The first-order valence-corrected chi connectivity index (χ1v) is 8.60. The van der Waals surface area contributed by atoms with Crippen molar-refractivity contribution in [3.05, 3.63) is 22.4 Å². The van der Waals surface area contributed by atoms with Gasteiger partial charge in [-0.05, 0) is 50.1 Å². The first kappa shape index (κ1) is 15.0. The van der Waals surface area contributed by atoms with Crippen molar-refractivity contribution >= 4 is 11.3 Å². The van der Waals surface area contributed by atoms with E-state index in [1.165, 1.54) is 30.6 Å². The van der Waals surface area contributed by atoms with Crippen LogP contribution in [-0.4, -0.2) is 25.3 Å². The van der Waals surface area contributed by atoms with Crippen molar-refractivity contribution in [3.63, 3.8) is 0 Å². The Hall–Kier alpha value is -0.380. The van der Waals surface area contributed by atoms with Gasteiger partial charge in [-0.2, -0.15) is 0 Å². The lowest BCUT2D eigenvalue weighted by Gasteiger charge is -2.28. The zero-order chi connectivity index (χ0) is 13.5. The Morgan fingerprint density at radius 2 is 2.37 bits per heavy atom. The summed E-state index contributed by atoms with van der Waals surface area (Å²) in [5, 5.41) is 5.94. The van der Waals surface area contributed by atoms with E-state index in [2.05, 4.69) is 36.7 Å². The molecule has 2 nitrogen and oxygen atoms in total. The summed E-state index contributed by atoms with van der Waals surface area (Å²) >= 11 is 1.88.